The summed E-state index contributed by atoms with van der Waals surface area (Å²) in [6, 6.07) is 22.7. The van der Waals surface area contributed by atoms with E-state index in [1.807, 2.05) is 31.2 Å². The Bertz CT molecular complexity index is 1650. The number of rotatable bonds is 6. The fourth-order valence-corrected chi connectivity index (χ4v) is 4.21. The number of fused-ring (bicyclic) bond motifs is 2. The Labute approximate surface area is 212 Å². The minimum atomic E-state index is -0.867. The number of esters is 1. The molecule has 0 amide bonds. The Kier molecular flexibility index (Phi) is 6.35. The van der Waals surface area contributed by atoms with Gasteiger partial charge in [0.1, 0.15) is 40.0 Å². The van der Waals surface area contributed by atoms with Crippen LogP contribution in [-0.2, 0) is 0 Å². The van der Waals surface area contributed by atoms with Crippen molar-refractivity contribution in [1.82, 2.24) is 0 Å². The molecule has 2 N–H and O–H groups in total. The monoisotopic (exact) mass is 494 g/mol. The van der Waals surface area contributed by atoms with E-state index in [2.05, 4.69) is 6.07 Å². The molecule has 1 aromatic heterocycles. The molecule has 0 saturated heterocycles. The van der Waals surface area contributed by atoms with Crippen molar-refractivity contribution in [3.8, 4) is 23.3 Å². The van der Waals surface area contributed by atoms with Gasteiger partial charge in [-0.15, -0.1) is 0 Å². The maximum Gasteiger partial charge on any atom is 0.351 e. The van der Waals surface area contributed by atoms with Crippen molar-refractivity contribution in [2.75, 3.05) is 6.61 Å². The van der Waals surface area contributed by atoms with Crippen LogP contribution in [0.15, 0.2) is 93.5 Å². The Morgan fingerprint density at radius 3 is 2.70 bits per heavy atom. The standard InChI is InChI=1S/C29H22N2O6/c1-2-12-34-19-8-5-7-18(13-19)26-21-11-10-20(15-25(21)36-27(31)23(26)16-30)35-28(32)22-14-17-6-3-4-9-24(17)37-29(22)33/h3-11,13-15,26H,2,12,31H2,1H3. The zero-order valence-electron chi connectivity index (χ0n) is 19.9. The molecule has 5 rings (SSSR count). The molecule has 0 bridgehead atoms. The topological polar surface area (TPSA) is 125 Å². The van der Waals surface area contributed by atoms with E-state index in [4.69, 9.17) is 24.4 Å². The summed E-state index contributed by atoms with van der Waals surface area (Å²) in [6.07, 6.45) is 0.864. The van der Waals surface area contributed by atoms with Gasteiger partial charge in [0.25, 0.3) is 0 Å². The molecule has 0 spiro atoms. The molecule has 0 saturated carbocycles. The minimum Gasteiger partial charge on any atom is -0.494 e. The molecule has 4 aromatic rings. The first-order chi connectivity index (χ1) is 18.0. The Balaban J connectivity index is 1.47. The number of allylic oxidation sites excluding steroid dienone is 1. The quantitative estimate of drug-likeness (QED) is 0.225. The van der Waals surface area contributed by atoms with Crippen molar-refractivity contribution in [3.63, 3.8) is 0 Å². The van der Waals surface area contributed by atoms with Crippen LogP contribution in [0.25, 0.3) is 11.0 Å². The average molecular weight is 495 g/mol. The molecule has 2 heterocycles. The fraction of sp³-hybridized carbons (Fsp3) is 0.138. The van der Waals surface area contributed by atoms with Gasteiger partial charge in [-0.1, -0.05) is 43.3 Å². The number of carbonyl (C=O) groups excluding carboxylic acids is 1. The first-order valence-corrected chi connectivity index (χ1v) is 11.7. The second kappa shape index (κ2) is 9.91. The third kappa shape index (κ3) is 4.62. The van der Waals surface area contributed by atoms with Crippen LogP contribution in [0.2, 0.25) is 0 Å². The summed E-state index contributed by atoms with van der Waals surface area (Å²) in [4.78, 5) is 25.2. The highest BCUT2D eigenvalue weighted by Gasteiger charge is 2.31. The SMILES string of the molecule is CCCOc1cccc(C2C(C#N)=C(N)Oc3cc(OC(=O)c4cc5ccccc5oc4=O)ccc32)c1. The number of ether oxygens (including phenoxy) is 3. The maximum atomic E-state index is 12.8. The predicted octanol–water partition coefficient (Wildman–Crippen LogP) is 5.02. The zero-order valence-corrected chi connectivity index (χ0v) is 19.9. The van der Waals surface area contributed by atoms with Crippen molar-refractivity contribution in [3.05, 3.63) is 111 Å². The molecule has 1 unspecified atom stereocenters. The molecule has 8 nitrogen and oxygen atoms in total. The summed E-state index contributed by atoms with van der Waals surface area (Å²) < 4.78 is 22.2. The molecule has 1 atom stereocenters. The van der Waals surface area contributed by atoms with E-state index in [0.717, 1.165) is 12.0 Å². The summed E-state index contributed by atoms with van der Waals surface area (Å²) in [5.74, 6) is -0.257. The Morgan fingerprint density at radius 2 is 1.89 bits per heavy atom. The predicted molar refractivity (Wildman–Crippen MR) is 135 cm³/mol. The van der Waals surface area contributed by atoms with E-state index in [9.17, 15) is 14.9 Å². The van der Waals surface area contributed by atoms with Gasteiger partial charge in [0.2, 0.25) is 5.88 Å². The van der Waals surface area contributed by atoms with E-state index in [-0.39, 0.29) is 22.8 Å². The summed E-state index contributed by atoms with van der Waals surface area (Å²) in [5.41, 5.74) is 7.19. The van der Waals surface area contributed by atoms with Crippen molar-refractivity contribution in [2.45, 2.75) is 19.3 Å². The minimum absolute atomic E-state index is 0.0430. The zero-order chi connectivity index (χ0) is 25.9. The molecular weight excluding hydrogens is 472 g/mol. The normalized spacial score (nSPS) is 14.4. The number of hydrogen-bond donors (Lipinski definition) is 1. The number of nitrogens with zero attached hydrogens (tertiary/aromatic N) is 1. The van der Waals surface area contributed by atoms with Gasteiger partial charge < -0.3 is 24.4 Å². The molecule has 1 aliphatic rings. The van der Waals surface area contributed by atoms with Gasteiger partial charge in [-0.3, -0.25) is 0 Å². The van der Waals surface area contributed by atoms with Crippen LogP contribution in [0.3, 0.4) is 0 Å². The summed E-state index contributed by atoms with van der Waals surface area (Å²) in [7, 11) is 0. The number of nitrogens with two attached hydrogens (primary N) is 1. The van der Waals surface area contributed by atoms with Crippen LogP contribution in [0.4, 0.5) is 0 Å². The van der Waals surface area contributed by atoms with Crippen molar-refractivity contribution in [2.24, 2.45) is 5.73 Å². The van der Waals surface area contributed by atoms with E-state index in [0.29, 0.717) is 34.6 Å². The molecule has 1 aliphatic heterocycles. The van der Waals surface area contributed by atoms with Gasteiger partial charge in [0.15, 0.2) is 0 Å². The van der Waals surface area contributed by atoms with Gasteiger partial charge in [-0.05, 0) is 42.3 Å². The van der Waals surface area contributed by atoms with E-state index in [1.54, 1.807) is 36.4 Å². The van der Waals surface area contributed by atoms with Gasteiger partial charge in [0, 0.05) is 17.0 Å². The van der Waals surface area contributed by atoms with E-state index >= 15 is 0 Å². The molecule has 0 aliphatic carbocycles. The molecular formula is C29H22N2O6. The van der Waals surface area contributed by atoms with Crippen LogP contribution in [-0.4, -0.2) is 12.6 Å². The molecule has 8 heteroatoms. The highest BCUT2D eigenvalue weighted by atomic mass is 16.5. The molecule has 184 valence electrons. The number of benzene rings is 3. The fourth-order valence-electron chi connectivity index (χ4n) is 4.21. The lowest BCUT2D eigenvalue weighted by Gasteiger charge is -2.27. The van der Waals surface area contributed by atoms with Crippen molar-refractivity contribution in [1.29, 1.82) is 5.26 Å². The number of hydrogen-bond acceptors (Lipinski definition) is 8. The molecule has 0 radical (unpaired) electrons. The summed E-state index contributed by atoms with van der Waals surface area (Å²) in [6.45, 7) is 2.59. The molecule has 3 aromatic carbocycles. The van der Waals surface area contributed by atoms with Crippen LogP contribution >= 0.6 is 0 Å². The Hall–Kier alpha value is -5.03. The number of carbonyl (C=O) groups is 1. The van der Waals surface area contributed by atoms with Gasteiger partial charge >= 0.3 is 11.6 Å². The lowest BCUT2D eigenvalue weighted by atomic mass is 9.83. The summed E-state index contributed by atoms with van der Waals surface area (Å²) >= 11 is 0. The van der Waals surface area contributed by atoms with Crippen LogP contribution in [0.5, 0.6) is 17.2 Å². The van der Waals surface area contributed by atoms with E-state index < -0.39 is 17.5 Å². The lowest BCUT2D eigenvalue weighted by Crippen LogP contribution is -2.22. The van der Waals surface area contributed by atoms with Gasteiger partial charge in [0.05, 0.1) is 12.5 Å². The molecule has 37 heavy (non-hydrogen) atoms. The molecule has 0 fully saturated rings. The van der Waals surface area contributed by atoms with Crippen molar-refractivity contribution >= 4 is 16.9 Å². The van der Waals surface area contributed by atoms with Crippen LogP contribution in [0.1, 0.15) is 40.7 Å². The van der Waals surface area contributed by atoms with E-state index in [1.165, 1.54) is 12.1 Å². The van der Waals surface area contributed by atoms with Gasteiger partial charge in [-0.25, -0.2) is 9.59 Å². The average Bonchev–Trinajstić information content (AvgIpc) is 2.90. The number of nitriles is 1. The summed E-state index contributed by atoms with van der Waals surface area (Å²) in [5, 5.41) is 10.4. The lowest BCUT2D eigenvalue weighted by molar-refractivity contribution is 0.0730. The second-order valence-electron chi connectivity index (χ2n) is 8.42. The smallest absolute Gasteiger partial charge is 0.351 e. The third-order valence-corrected chi connectivity index (χ3v) is 5.93. The third-order valence-electron chi connectivity index (χ3n) is 5.93. The largest absolute Gasteiger partial charge is 0.494 e. The van der Waals surface area contributed by atoms with Crippen molar-refractivity contribution < 1.29 is 23.4 Å². The second-order valence-corrected chi connectivity index (χ2v) is 8.42. The highest BCUT2D eigenvalue weighted by Crippen LogP contribution is 2.44. The number of para-hydroxylation sites is 1. The van der Waals surface area contributed by atoms with Gasteiger partial charge in [-0.2, -0.15) is 5.26 Å². The van der Waals surface area contributed by atoms with Crippen LogP contribution in [0, 0.1) is 11.3 Å². The first-order valence-electron chi connectivity index (χ1n) is 11.7. The highest BCUT2D eigenvalue weighted by molar-refractivity contribution is 5.94. The maximum absolute atomic E-state index is 12.8. The Morgan fingerprint density at radius 1 is 1.05 bits per heavy atom. The first kappa shape index (κ1) is 23.7. The van der Waals surface area contributed by atoms with Crippen LogP contribution < -0.4 is 25.6 Å².